The standard InChI is InChI=1S/C12H10O3/c13-10-5-8-3-1-2-4-11(8)9(6-10)7-12(14)15/h1-6,13H,7H2,(H,14,15). The zero-order chi connectivity index (χ0) is 10.8. The number of benzene rings is 2. The first-order valence-electron chi connectivity index (χ1n) is 4.59. The third-order valence-electron chi connectivity index (χ3n) is 2.27. The Balaban J connectivity index is 2.65. The number of aromatic hydroxyl groups is 1. The van der Waals surface area contributed by atoms with E-state index in [1.807, 2.05) is 24.3 Å². The molecule has 76 valence electrons. The van der Waals surface area contributed by atoms with Gasteiger partial charge in [-0.3, -0.25) is 4.79 Å². The molecule has 0 bridgehead atoms. The Morgan fingerprint density at radius 2 is 1.93 bits per heavy atom. The van der Waals surface area contributed by atoms with Crippen LogP contribution in [0.3, 0.4) is 0 Å². The summed E-state index contributed by atoms with van der Waals surface area (Å²) in [5, 5.41) is 19.9. The third kappa shape index (κ3) is 1.91. The number of carbonyl (C=O) groups is 1. The average Bonchev–Trinajstić information content (AvgIpc) is 2.16. The van der Waals surface area contributed by atoms with E-state index in [9.17, 15) is 9.90 Å². The summed E-state index contributed by atoms with van der Waals surface area (Å²) < 4.78 is 0. The molecule has 0 radical (unpaired) electrons. The molecule has 0 saturated heterocycles. The number of phenols is 1. The van der Waals surface area contributed by atoms with Gasteiger partial charge in [-0.1, -0.05) is 24.3 Å². The van der Waals surface area contributed by atoms with E-state index in [0.717, 1.165) is 10.8 Å². The van der Waals surface area contributed by atoms with Crippen molar-refractivity contribution in [2.24, 2.45) is 0 Å². The highest BCUT2D eigenvalue weighted by atomic mass is 16.4. The van der Waals surface area contributed by atoms with Gasteiger partial charge in [0.25, 0.3) is 0 Å². The van der Waals surface area contributed by atoms with Crippen LogP contribution in [0.2, 0.25) is 0 Å². The molecule has 0 aliphatic heterocycles. The molecule has 0 heterocycles. The highest BCUT2D eigenvalue weighted by Gasteiger charge is 2.06. The normalized spacial score (nSPS) is 10.4. The van der Waals surface area contributed by atoms with Gasteiger partial charge in [0.05, 0.1) is 6.42 Å². The van der Waals surface area contributed by atoms with Gasteiger partial charge in [0, 0.05) is 0 Å². The van der Waals surface area contributed by atoms with E-state index < -0.39 is 5.97 Å². The Hall–Kier alpha value is -2.03. The van der Waals surface area contributed by atoms with Crippen LogP contribution in [-0.4, -0.2) is 16.2 Å². The van der Waals surface area contributed by atoms with Crippen molar-refractivity contribution in [1.82, 2.24) is 0 Å². The molecule has 0 atom stereocenters. The second-order valence-electron chi connectivity index (χ2n) is 3.40. The Bertz CT molecular complexity index is 517. The molecule has 2 aromatic carbocycles. The van der Waals surface area contributed by atoms with Crippen LogP contribution in [0.15, 0.2) is 36.4 Å². The lowest BCUT2D eigenvalue weighted by atomic mass is 10.0. The van der Waals surface area contributed by atoms with Crippen LogP contribution < -0.4 is 0 Å². The molecule has 3 heteroatoms. The molecule has 0 spiro atoms. The van der Waals surface area contributed by atoms with E-state index in [1.54, 1.807) is 6.07 Å². The summed E-state index contributed by atoms with van der Waals surface area (Å²) in [4.78, 5) is 10.6. The first-order chi connectivity index (χ1) is 7.16. The fourth-order valence-electron chi connectivity index (χ4n) is 1.68. The lowest BCUT2D eigenvalue weighted by Gasteiger charge is -2.05. The van der Waals surface area contributed by atoms with Crippen LogP contribution in [0.4, 0.5) is 0 Å². The quantitative estimate of drug-likeness (QED) is 0.784. The minimum Gasteiger partial charge on any atom is -0.508 e. The molecule has 0 fully saturated rings. The third-order valence-corrected chi connectivity index (χ3v) is 2.27. The number of rotatable bonds is 2. The second-order valence-corrected chi connectivity index (χ2v) is 3.40. The fraction of sp³-hybridized carbons (Fsp3) is 0.0833. The first kappa shape index (κ1) is 9.52. The van der Waals surface area contributed by atoms with E-state index in [2.05, 4.69) is 0 Å². The molecular formula is C12H10O3. The molecule has 2 aromatic rings. The van der Waals surface area contributed by atoms with Gasteiger partial charge in [-0.05, 0) is 28.5 Å². The van der Waals surface area contributed by atoms with E-state index in [1.165, 1.54) is 6.07 Å². The number of carboxylic acid groups (broad SMARTS) is 1. The van der Waals surface area contributed by atoms with Crippen molar-refractivity contribution in [2.45, 2.75) is 6.42 Å². The number of aliphatic carboxylic acids is 1. The first-order valence-corrected chi connectivity index (χ1v) is 4.59. The minimum atomic E-state index is -0.897. The summed E-state index contributed by atoms with van der Waals surface area (Å²) in [6, 6.07) is 10.5. The van der Waals surface area contributed by atoms with Crippen molar-refractivity contribution in [1.29, 1.82) is 0 Å². The highest BCUT2D eigenvalue weighted by molar-refractivity contribution is 5.89. The summed E-state index contributed by atoms with van der Waals surface area (Å²) in [6.07, 6.45) is -0.0745. The average molecular weight is 202 g/mol. The SMILES string of the molecule is O=C(O)Cc1cc(O)cc2ccccc12. The summed E-state index contributed by atoms with van der Waals surface area (Å²) in [5.41, 5.74) is 0.637. The monoisotopic (exact) mass is 202 g/mol. The zero-order valence-electron chi connectivity index (χ0n) is 7.97. The van der Waals surface area contributed by atoms with Crippen molar-refractivity contribution in [2.75, 3.05) is 0 Å². The van der Waals surface area contributed by atoms with Crippen molar-refractivity contribution in [3.63, 3.8) is 0 Å². The van der Waals surface area contributed by atoms with E-state index in [-0.39, 0.29) is 12.2 Å². The molecule has 0 aliphatic carbocycles. The van der Waals surface area contributed by atoms with Gasteiger partial charge in [0.15, 0.2) is 0 Å². The van der Waals surface area contributed by atoms with Gasteiger partial charge in [-0.15, -0.1) is 0 Å². The molecule has 0 amide bonds. The smallest absolute Gasteiger partial charge is 0.307 e. The van der Waals surface area contributed by atoms with Crippen LogP contribution in [0.1, 0.15) is 5.56 Å². The molecule has 15 heavy (non-hydrogen) atoms. The van der Waals surface area contributed by atoms with Gasteiger partial charge in [-0.2, -0.15) is 0 Å². The van der Waals surface area contributed by atoms with Gasteiger partial charge in [0.2, 0.25) is 0 Å². The fourth-order valence-corrected chi connectivity index (χ4v) is 1.68. The van der Waals surface area contributed by atoms with Gasteiger partial charge in [0.1, 0.15) is 5.75 Å². The molecule has 0 aliphatic rings. The molecule has 2 rings (SSSR count). The summed E-state index contributed by atoms with van der Waals surface area (Å²) in [7, 11) is 0. The van der Waals surface area contributed by atoms with Crippen LogP contribution >= 0.6 is 0 Å². The predicted molar refractivity (Wildman–Crippen MR) is 57.0 cm³/mol. The van der Waals surface area contributed by atoms with Gasteiger partial charge >= 0.3 is 5.97 Å². The van der Waals surface area contributed by atoms with E-state index in [4.69, 9.17) is 5.11 Å². The summed E-state index contributed by atoms with van der Waals surface area (Å²) >= 11 is 0. The maximum atomic E-state index is 10.6. The molecule has 0 aromatic heterocycles. The predicted octanol–water partition coefficient (Wildman–Crippen LogP) is 2.17. The summed E-state index contributed by atoms with van der Waals surface area (Å²) in [5.74, 6) is -0.796. The number of phenolic OH excluding ortho intramolecular Hbond substituents is 1. The Morgan fingerprint density at radius 1 is 1.20 bits per heavy atom. The Labute approximate surface area is 86.6 Å². The molecule has 2 N–H and O–H groups in total. The Morgan fingerprint density at radius 3 is 2.67 bits per heavy atom. The lowest BCUT2D eigenvalue weighted by Crippen LogP contribution is -2.00. The van der Waals surface area contributed by atoms with Crippen LogP contribution in [-0.2, 0) is 11.2 Å². The largest absolute Gasteiger partial charge is 0.508 e. The number of hydrogen-bond acceptors (Lipinski definition) is 2. The summed E-state index contributed by atoms with van der Waals surface area (Å²) in [6.45, 7) is 0. The molecule has 0 unspecified atom stereocenters. The van der Waals surface area contributed by atoms with E-state index >= 15 is 0 Å². The van der Waals surface area contributed by atoms with Crippen LogP contribution in [0, 0.1) is 0 Å². The minimum absolute atomic E-state index is 0.0745. The Kier molecular flexibility index (Phi) is 2.29. The van der Waals surface area contributed by atoms with E-state index in [0.29, 0.717) is 5.56 Å². The number of carboxylic acids is 1. The second kappa shape index (κ2) is 3.61. The maximum absolute atomic E-state index is 10.6. The lowest BCUT2D eigenvalue weighted by molar-refractivity contribution is -0.136. The highest BCUT2D eigenvalue weighted by Crippen LogP contribution is 2.24. The molecular weight excluding hydrogens is 192 g/mol. The van der Waals surface area contributed by atoms with Crippen LogP contribution in [0.5, 0.6) is 5.75 Å². The number of fused-ring (bicyclic) bond motifs is 1. The van der Waals surface area contributed by atoms with Crippen LogP contribution in [0.25, 0.3) is 10.8 Å². The van der Waals surface area contributed by atoms with Crippen molar-refractivity contribution < 1.29 is 15.0 Å². The molecule has 0 saturated carbocycles. The van der Waals surface area contributed by atoms with Crippen molar-refractivity contribution >= 4 is 16.7 Å². The maximum Gasteiger partial charge on any atom is 0.307 e. The molecule has 3 nitrogen and oxygen atoms in total. The topological polar surface area (TPSA) is 57.5 Å². The zero-order valence-corrected chi connectivity index (χ0v) is 7.97. The van der Waals surface area contributed by atoms with Gasteiger partial charge < -0.3 is 10.2 Å². The van der Waals surface area contributed by atoms with Gasteiger partial charge in [-0.25, -0.2) is 0 Å². The van der Waals surface area contributed by atoms with Crippen molar-refractivity contribution in [3.05, 3.63) is 42.0 Å². The number of hydrogen-bond donors (Lipinski definition) is 2. The van der Waals surface area contributed by atoms with Crippen molar-refractivity contribution in [3.8, 4) is 5.75 Å².